The van der Waals surface area contributed by atoms with Crippen LogP contribution >= 0.6 is 0 Å². The molecule has 2 amide bonds. The topological polar surface area (TPSA) is 68.9 Å². The van der Waals surface area contributed by atoms with Crippen molar-refractivity contribution in [2.75, 3.05) is 59.0 Å². The first-order chi connectivity index (χ1) is 12.7. The van der Waals surface area contributed by atoms with Crippen molar-refractivity contribution in [2.45, 2.75) is 0 Å². The third-order valence-electron chi connectivity index (χ3n) is 5.14. The molecule has 2 aliphatic rings. The Morgan fingerprint density at radius 1 is 0.962 bits per heavy atom. The minimum absolute atomic E-state index is 0.00137. The van der Waals surface area contributed by atoms with E-state index in [1.165, 1.54) is 0 Å². The van der Waals surface area contributed by atoms with Crippen molar-refractivity contribution in [3.63, 3.8) is 0 Å². The number of ether oxygens (including phenoxy) is 1. The Hall–Kier alpha value is -2.38. The van der Waals surface area contributed by atoms with Crippen molar-refractivity contribution in [3.8, 4) is 0 Å². The number of carbonyl (C=O) groups is 2. The third-order valence-corrected chi connectivity index (χ3v) is 5.14. The van der Waals surface area contributed by atoms with Gasteiger partial charge in [-0.1, -0.05) is 18.2 Å². The number of nitrogens with zero attached hydrogens (tertiary/aromatic N) is 3. The maximum Gasteiger partial charge on any atom is 0.270 e. The van der Waals surface area contributed by atoms with Crippen LogP contribution in [0.1, 0.15) is 10.5 Å². The van der Waals surface area contributed by atoms with Gasteiger partial charge in [-0.05, 0) is 12.1 Å². The van der Waals surface area contributed by atoms with E-state index in [-0.39, 0.29) is 11.8 Å². The number of aromatic amines is 1. The van der Waals surface area contributed by atoms with Crippen LogP contribution in [0.2, 0.25) is 0 Å². The number of carbonyl (C=O) groups excluding carboxylic acids is 2. The van der Waals surface area contributed by atoms with Gasteiger partial charge in [0.25, 0.3) is 5.91 Å². The van der Waals surface area contributed by atoms with E-state index in [2.05, 4.69) is 9.88 Å². The summed E-state index contributed by atoms with van der Waals surface area (Å²) in [6, 6.07) is 9.77. The number of hydrogen-bond donors (Lipinski definition) is 1. The first-order valence-corrected chi connectivity index (χ1v) is 9.15. The van der Waals surface area contributed by atoms with Gasteiger partial charge in [0.15, 0.2) is 0 Å². The van der Waals surface area contributed by atoms with Gasteiger partial charge in [0.2, 0.25) is 5.91 Å². The van der Waals surface area contributed by atoms with Crippen molar-refractivity contribution >= 4 is 22.7 Å². The van der Waals surface area contributed by atoms with Crippen LogP contribution in [0.5, 0.6) is 0 Å². The van der Waals surface area contributed by atoms with Crippen LogP contribution in [-0.2, 0) is 9.53 Å². The van der Waals surface area contributed by atoms with Gasteiger partial charge >= 0.3 is 0 Å². The van der Waals surface area contributed by atoms with Gasteiger partial charge in [0.1, 0.15) is 5.69 Å². The van der Waals surface area contributed by atoms with Gasteiger partial charge in [-0.15, -0.1) is 0 Å². The number of morpholine rings is 1. The standard InChI is InChI=1S/C19H24N4O3/c24-18(14-21-9-11-26-12-10-21)22-5-7-23(8-6-22)19(25)17-13-15-3-1-2-4-16(15)20-17/h1-4,13,20H,5-12,14H2. The summed E-state index contributed by atoms with van der Waals surface area (Å²) in [6.45, 7) is 5.78. The predicted octanol–water partition coefficient (Wildman–Crippen LogP) is 0.785. The highest BCUT2D eigenvalue weighted by Crippen LogP contribution is 2.17. The Balaban J connectivity index is 1.32. The van der Waals surface area contributed by atoms with Gasteiger partial charge in [0, 0.05) is 50.2 Å². The Morgan fingerprint density at radius 3 is 2.38 bits per heavy atom. The molecular formula is C19H24N4O3. The SMILES string of the molecule is O=C(CN1CCOCC1)N1CCN(C(=O)c2cc3ccccc3[nH]2)CC1. The van der Waals surface area contributed by atoms with Crippen LogP contribution in [0.15, 0.2) is 30.3 Å². The molecule has 2 saturated heterocycles. The van der Waals surface area contributed by atoms with Crippen molar-refractivity contribution < 1.29 is 14.3 Å². The summed E-state index contributed by atoms with van der Waals surface area (Å²) in [7, 11) is 0. The van der Waals surface area contributed by atoms with Crippen LogP contribution < -0.4 is 0 Å². The summed E-state index contributed by atoms with van der Waals surface area (Å²) >= 11 is 0. The fourth-order valence-electron chi connectivity index (χ4n) is 3.57. The third kappa shape index (κ3) is 3.59. The number of amides is 2. The Morgan fingerprint density at radius 2 is 1.65 bits per heavy atom. The number of para-hydroxylation sites is 1. The second-order valence-electron chi connectivity index (χ2n) is 6.83. The lowest BCUT2D eigenvalue weighted by Gasteiger charge is -2.36. The second kappa shape index (κ2) is 7.47. The van der Waals surface area contributed by atoms with Gasteiger partial charge in [0.05, 0.1) is 19.8 Å². The van der Waals surface area contributed by atoms with E-state index in [0.29, 0.717) is 51.6 Å². The number of fused-ring (bicyclic) bond motifs is 1. The number of aromatic nitrogens is 1. The molecule has 0 radical (unpaired) electrons. The molecule has 0 atom stereocenters. The van der Waals surface area contributed by atoms with Crippen molar-refractivity contribution in [1.29, 1.82) is 0 Å². The summed E-state index contributed by atoms with van der Waals surface area (Å²) in [6.07, 6.45) is 0. The molecule has 0 saturated carbocycles. The molecule has 7 nitrogen and oxygen atoms in total. The van der Waals surface area contributed by atoms with Gasteiger partial charge in [-0.2, -0.15) is 0 Å². The number of hydrogen-bond acceptors (Lipinski definition) is 4. The summed E-state index contributed by atoms with van der Waals surface area (Å²) in [4.78, 5) is 34.2. The Bertz CT molecular complexity index is 756. The number of benzene rings is 1. The molecule has 0 aliphatic carbocycles. The number of piperazine rings is 1. The Kier molecular flexibility index (Phi) is 4.90. The smallest absolute Gasteiger partial charge is 0.270 e. The van der Waals surface area contributed by atoms with E-state index in [1.807, 2.05) is 40.1 Å². The average Bonchev–Trinajstić information content (AvgIpc) is 3.12. The first kappa shape index (κ1) is 17.1. The molecule has 7 heteroatoms. The molecular weight excluding hydrogens is 332 g/mol. The molecule has 3 heterocycles. The van der Waals surface area contributed by atoms with Crippen molar-refractivity contribution in [3.05, 3.63) is 36.0 Å². The average molecular weight is 356 g/mol. The van der Waals surface area contributed by atoms with Gasteiger partial charge in [-0.3, -0.25) is 14.5 Å². The van der Waals surface area contributed by atoms with Gasteiger partial charge in [-0.25, -0.2) is 0 Å². The van der Waals surface area contributed by atoms with Crippen LogP contribution in [0.4, 0.5) is 0 Å². The summed E-state index contributed by atoms with van der Waals surface area (Å²) in [5.41, 5.74) is 1.58. The highest BCUT2D eigenvalue weighted by Gasteiger charge is 2.26. The van der Waals surface area contributed by atoms with E-state index >= 15 is 0 Å². The highest BCUT2D eigenvalue weighted by molar-refractivity contribution is 5.98. The Labute approximate surface area is 152 Å². The van der Waals surface area contributed by atoms with Gasteiger partial charge < -0.3 is 19.5 Å². The molecule has 138 valence electrons. The highest BCUT2D eigenvalue weighted by atomic mass is 16.5. The molecule has 0 unspecified atom stereocenters. The van der Waals surface area contributed by atoms with Crippen LogP contribution in [-0.4, -0.2) is 90.5 Å². The second-order valence-corrected chi connectivity index (χ2v) is 6.83. The fraction of sp³-hybridized carbons (Fsp3) is 0.474. The zero-order chi connectivity index (χ0) is 17.9. The van der Waals surface area contributed by atoms with Crippen molar-refractivity contribution in [1.82, 2.24) is 19.7 Å². The van der Waals surface area contributed by atoms with E-state index < -0.39 is 0 Å². The molecule has 0 bridgehead atoms. The lowest BCUT2D eigenvalue weighted by molar-refractivity contribution is -0.134. The molecule has 1 aromatic heterocycles. The van der Waals surface area contributed by atoms with Crippen LogP contribution in [0.3, 0.4) is 0 Å². The van der Waals surface area contributed by atoms with Crippen molar-refractivity contribution in [2.24, 2.45) is 0 Å². The van der Waals surface area contributed by atoms with E-state index in [9.17, 15) is 9.59 Å². The first-order valence-electron chi connectivity index (χ1n) is 9.15. The molecule has 26 heavy (non-hydrogen) atoms. The molecule has 2 fully saturated rings. The molecule has 1 N–H and O–H groups in total. The molecule has 1 aromatic carbocycles. The monoisotopic (exact) mass is 356 g/mol. The molecule has 2 aliphatic heterocycles. The summed E-state index contributed by atoms with van der Waals surface area (Å²) in [5, 5.41) is 1.04. The lowest BCUT2D eigenvalue weighted by atomic mass is 10.2. The zero-order valence-corrected chi connectivity index (χ0v) is 14.8. The van der Waals surface area contributed by atoms with E-state index in [0.717, 1.165) is 24.0 Å². The molecule has 4 rings (SSSR count). The normalized spacial score (nSPS) is 19.1. The minimum Gasteiger partial charge on any atom is -0.379 e. The minimum atomic E-state index is 0.00137. The van der Waals surface area contributed by atoms with E-state index in [1.54, 1.807) is 0 Å². The molecule has 0 spiro atoms. The largest absolute Gasteiger partial charge is 0.379 e. The quantitative estimate of drug-likeness (QED) is 0.883. The summed E-state index contributed by atoms with van der Waals surface area (Å²) in [5.74, 6) is 0.145. The van der Waals surface area contributed by atoms with E-state index in [4.69, 9.17) is 4.74 Å². The maximum absolute atomic E-state index is 12.7. The number of H-pyrrole nitrogens is 1. The number of nitrogens with one attached hydrogen (secondary N) is 1. The maximum atomic E-state index is 12.7. The zero-order valence-electron chi connectivity index (χ0n) is 14.8. The molecule has 2 aromatic rings. The summed E-state index contributed by atoms with van der Waals surface area (Å²) < 4.78 is 5.32. The van der Waals surface area contributed by atoms with Crippen LogP contribution in [0, 0.1) is 0 Å². The lowest BCUT2D eigenvalue weighted by Crippen LogP contribution is -2.53. The number of rotatable bonds is 3. The predicted molar refractivity (Wildman–Crippen MR) is 98.0 cm³/mol. The van der Waals surface area contributed by atoms with Crippen LogP contribution in [0.25, 0.3) is 10.9 Å². The fourth-order valence-corrected chi connectivity index (χ4v) is 3.57.